The monoisotopic (exact) mass is 673 g/mol. The molecule has 0 radical (unpaired) electrons. The standard InChI is InChI=1S/C34H63N3O10/c1-30(2)33(38)11-27-46-25-9-23-44-21-7-19-42-17-5-15-40-13-4-14-41-16-6-18-43-20-8-22-45-24-10-26-47-28-12-35-34(39)32-29-31(3)36-37-32/h29-30H,4-28H2,1-3H3,(H,35,39)(H,36,37). The smallest absolute Gasteiger partial charge is 0.271 e. The van der Waals surface area contributed by atoms with Gasteiger partial charge in [0.15, 0.2) is 0 Å². The van der Waals surface area contributed by atoms with Crippen LogP contribution in [0.25, 0.3) is 0 Å². The molecule has 274 valence electrons. The van der Waals surface area contributed by atoms with Gasteiger partial charge in [0.25, 0.3) is 5.91 Å². The summed E-state index contributed by atoms with van der Waals surface area (Å²) in [6.07, 6.45) is 6.51. The van der Waals surface area contributed by atoms with Gasteiger partial charge in [-0.1, -0.05) is 13.8 Å². The molecule has 0 fully saturated rings. The SMILES string of the molecule is Cc1cc(C(=O)NCCOCCCOCCCOCCCOCCCOCCCOCCCOCCCOCCC(=O)C(C)C)n[nH]1. The number of aromatic nitrogens is 2. The number of nitrogens with one attached hydrogen (secondary N) is 2. The zero-order chi connectivity index (χ0) is 34.0. The molecular formula is C34H63N3O10. The van der Waals surface area contributed by atoms with Crippen molar-refractivity contribution in [3.05, 3.63) is 17.5 Å². The van der Waals surface area contributed by atoms with Crippen LogP contribution in [-0.4, -0.2) is 134 Å². The Morgan fingerprint density at radius 3 is 1.26 bits per heavy atom. The van der Waals surface area contributed by atoms with E-state index in [-0.39, 0.29) is 17.6 Å². The molecule has 0 unspecified atom stereocenters. The normalized spacial score (nSPS) is 11.5. The quantitative estimate of drug-likeness (QED) is 0.0999. The van der Waals surface area contributed by atoms with Gasteiger partial charge < -0.3 is 43.2 Å². The molecule has 0 saturated carbocycles. The highest BCUT2D eigenvalue weighted by Gasteiger charge is 2.08. The van der Waals surface area contributed by atoms with Crippen LogP contribution in [0.4, 0.5) is 0 Å². The van der Waals surface area contributed by atoms with Crippen molar-refractivity contribution in [2.24, 2.45) is 5.92 Å². The van der Waals surface area contributed by atoms with Gasteiger partial charge in [-0.25, -0.2) is 0 Å². The van der Waals surface area contributed by atoms with E-state index in [4.69, 9.17) is 37.9 Å². The highest BCUT2D eigenvalue weighted by atomic mass is 16.5. The summed E-state index contributed by atoms with van der Waals surface area (Å²) in [6, 6.07) is 1.71. The van der Waals surface area contributed by atoms with Crippen LogP contribution < -0.4 is 5.32 Å². The van der Waals surface area contributed by atoms with Crippen molar-refractivity contribution >= 4 is 11.7 Å². The van der Waals surface area contributed by atoms with E-state index in [1.165, 1.54) is 0 Å². The zero-order valence-corrected chi connectivity index (χ0v) is 29.4. The molecule has 0 aliphatic carbocycles. The number of hydrogen-bond donors (Lipinski definition) is 2. The molecule has 0 aliphatic heterocycles. The molecule has 1 amide bonds. The van der Waals surface area contributed by atoms with E-state index in [1.807, 2.05) is 20.8 Å². The van der Waals surface area contributed by atoms with Gasteiger partial charge in [-0.05, 0) is 57.9 Å². The largest absolute Gasteiger partial charge is 0.381 e. The molecule has 13 heteroatoms. The summed E-state index contributed by atoms with van der Waals surface area (Å²) >= 11 is 0. The van der Waals surface area contributed by atoms with E-state index in [9.17, 15) is 9.59 Å². The third-order valence-corrected chi connectivity index (χ3v) is 6.65. The van der Waals surface area contributed by atoms with Gasteiger partial charge in [-0.3, -0.25) is 14.7 Å². The van der Waals surface area contributed by atoms with Crippen molar-refractivity contribution in [2.75, 3.05) is 112 Å². The average molecular weight is 674 g/mol. The molecule has 1 heterocycles. The van der Waals surface area contributed by atoms with Crippen LogP contribution in [0.15, 0.2) is 6.07 Å². The summed E-state index contributed by atoms with van der Waals surface area (Å²) < 4.78 is 44.7. The fraction of sp³-hybridized carbons (Fsp3) is 0.853. The van der Waals surface area contributed by atoms with Gasteiger partial charge in [0, 0.05) is 117 Å². The lowest BCUT2D eigenvalue weighted by atomic mass is 10.1. The number of H-pyrrole nitrogens is 1. The van der Waals surface area contributed by atoms with Crippen LogP contribution >= 0.6 is 0 Å². The lowest BCUT2D eigenvalue weighted by Crippen LogP contribution is -2.27. The average Bonchev–Trinajstić information content (AvgIpc) is 3.50. The summed E-state index contributed by atoms with van der Waals surface area (Å²) in [5, 5.41) is 9.44. The van der Waals surface area contributed by atoms with Crippen molar-refractivity contribution in [3.8, 4) is 0 Å². The molecule has 0 aromatic carbocycles. The summed E-state index contributed by atoms with van der Waals surface area (Å²) in [5.74, 6) is 0.126. The van der Waals surface area contributed by atoms with Crippen LogP contribution in [0.3, 0.4) is 0 Å². The Morgan fingerprint density at radius 2 is 0.936 bits per heavy atom. The number of aromatic amines is 1. The molecule has 1 aromatic rings. The third kappa shape index (κ3) is 28.7. The summed E-state index contributed by atoms with van der Waals surface area (Å²) in [4.78, 5) is 23.3. The Labute approximate surface area is 282 Å². The van der Waals surface area contributed by atoms with E-state index in [2.05, 4.69) is 15.5 Å². The molecule has 47 heavy (non-hydrogen) atoms. The fourth-order valence-corrected chi connectivity index (χ4v) is 3.98. The van der Waals surface area contributed by atoms with E-state index in [1.54, 1.807) is 6.07 Å². The Kier molecular flexibility index (Phi) is 29.8. The molecule has 0 atom stereocenters. The fourth-order valence-electron chi connectivity index (χ4n) is 3.98. The van der Waals surface area contributed by atoms with Crippen molar-refractivity contribution < 1.29 is 47.5 Å². The second-order valence-corrected chi connectivity index (χ2v) is 11.4. The lowest BCUT2D eigenvalue weighted by Gasteiger charge is -2.08. The number of Topliss-reactive ketones (excluding diaryl/α,β-unsaturated/α-hetero) is 1. The first-order chi connectivity index (χ1) is 23.0. The number of rotatable bonds is 36. The lowest BCUT2D eigenvalue weighted by molar-refractivity contribution is -0.123. The van der Waals surface area contributed by atoms with Gasteiger partial charge >= 0.3 is 0 Å². The van der Waals surface area contributed by atoms with Crippen LogP contribution in [0.2, 0.25) is 0 Å². The van der Waals surface area contributed by atoms with Crippen molar-refractivity contribution in [1.29, 1.82) is 0 Å². The first-order valence-corrected chi connectivity index (χ1v) is 17.5. The molecule has 0 saturated heterocycles. The first kappa shape index (κ1) is 43.1. The number of nitrogens with zero attached hydrogens (tertiary/aromatic N) is 1. The molecular weight excluding hydrogens is 610 g/mol. The molecule has 13 nitrogen and oxygen atoms in total. The molecule has 2 N–H and O–H groups in total. The van der Waals surface area contributed by atoms with Gasteiger partial charge in [-0.2, -0.15) is 5.10 Å². The second-order valence-electron chi connectivity index (χ2n) is 11.4. The maximum absolute atomic E-state index is 11.8. The molecule has 0 aliphatic rings. The van der Waals surface area contributed by atoms with Crippen molar-refractivity contribution in [2.45, 2.75) is 72.1 Å². The predicted molar refractivity (Wildman–Crippen MR) is 179 cm³/mol. The van der Waals surface area contributed by atoms with Crippen LogP contribution in [-0.2, 0) is 42.7 Å². The minimum atomic E-state index is -0.204. The highest BCUT2D eigenvalue weighted by Crippen LogP contribution is 2.00. The maximum Gasteiger partial charge on any atom is 0.271 e. The van der Waals surface area contributed by atoms with Crippen LogP contribution in [0.1, 0.15) is 81.4 Å². The van der Waals surface area contributed by atoms with Crippen molar-refractivity contribution in [1.82, 2.24) is 15.5 Å². The zero-order valence-electron chi connectivity index (χ0n) is 29.4. The van der Waals surface area contributed by atoms with E-state index in [0.717, 1.165) is 50.6 Å². The van der Waals surface area contributed by atoms with E-state index in [0.29, 0.717) is 124 Å². The summed E-state index contributed by atoms with van der Waals surface area (Å²) in [6.45, 7) is 16.5. The van der Waals surface area contributed by atoms with Crippen LogP contribution in [0.5, 0.6) is 0 Å². The minimum absolute atomic E-state index is 0.0823. The van der Waals surface area contributed by atoms with Gasteiger partial charge in [0.05, 0.1) is 13.2 Å². The Bertz CT molecular complexity index is 856. The minimum Gasteiger partial charge on any atom is -0.381 e. The Morgan fingerprint density at radius 1 is 0.596 bits per heavy atom. The number of carbonyl (C=O) groups is 2. The third-order valence-electron chi connectivity index (χ3n) is 6.65. The Balaban J connectivity index is 1.64. The number of ketones is 1. The predicted octanol–water partition coefficient (Wildman–Crippen LogP) is 3.93. The highest BCUT2D eigenvalue weighted by molar-refractivity contribution is 5.92. The number of hydrogen-bond acceptors (Lipinski definition) is 11. The van der Waals surface area contributed by atoms with Gasteiger partial charge in [0.1, 0.15) is 11.5 Å². The van der Waals surface area contributed by atoms with Crippen LogP contribution in [0, 0.1) is 12.8 Å². The maximum atomic E-state index is 11.8. The number of amides is 1. The van der Waals surface area contributed by atoms with Gasteiger partial charge in [-0.15, -0.1) is 0 Å². The molecule has 0 bridgehead atoms. The van der Waals surface area contributed by atoms with E-state index >= 15 is 0 Å². The molecule has 1 aromatic heterocycles. The summed E-state index contributed by atoms with van der Waals surface area (Å²) in [5.41, 5.74) is 1.24. The number of carbonyl (C=O) groups excluding carboxylic acids is 2. The van der Waals surface area contributed by atoms with Gasteiger partial charge in [0.2, 0.25) is 0 Å². The topological polar surface area (TPSA) is 149 Å². The molecule has 0 spiro atoms. The Hall–Kier alpha value is -1.97. The summed E-state index contributed by atoms with van der Waals surface area (Å²) in [7, 11) is 0. The van der Waals surface area contributed by atoms with E-state index < -0.39 is 0 Å². The number of aryl methyl sites for hydroxylation is 1. The molecule has 1 rings (SSSR count). The second kappa shape index (κ2) is 32.6. The number of ether oxygens (including phenoxy) is 8. The van der Waals surface area contributed by atoms with Crippen molar-refractivity contribution in [3.63, 3.8) is 0 Å². The first-order valence-electron chi connectivity index (χ1n) is 17.5.